The van der Waals surface area contributed by atoms with Crippen LogP contribution in [0.25, 0.3) is 0 Å². The van der Waals surface area contributed by atoms with E-state index in [2.05, 4.69) is 30.0 Å². The highest BCUT2D eigenvalue weighted by Gasteiger charge is 2.37. The summed E-state index contributed by atoms with van der Waals surface area (Å²) in [5.74, 6) is 0.452. The maximum atomic E-state index is 12.8. The molecule has 0 unspecified atom stereocenters. The third-order valence-corrected chi connectivity index (χ3v) is 6.62. The lowest BCUT2D eigenvalue weighted by atomic mass is 9.96. The first-order valence-corrected chi connectivity index (χ1v) is 13.9. The van der Waals surface area contributed by atoms with Gasteiger partial charge in [0, 0.05) is 53.4 Å². The molecule has 0 radical (unpaired) electrons. The molecule has 3 rings (SSSR count). The highest BCUT2D eigenvalue weighted by Crippen LogP contribution is 2.28. The Morgan fingerprint density at radius 2 is 0.844 bits per heavy atom. The fraction of sp³-hybridized carbons (Fsp3) is 0.438. The number of alkyl halides is 6. The lowest BCUT2D eigenvalue weighted by molar-refractivity contribution is -0.0589. The molecule has 0 amide bonds. The van der Waals surface area contributed by atoms with Gasteiger partial charge in [0.15, 0.2) is 0 Å². The summed E-state index contributed by atoms with van der Waals surface area (Å²) in [6, 6.07) is 10.1. The van der Waals surface area contributed by atoms with Gasteiger partial charge in [-0.15, -0.1) is 0 Å². The van der Waals surface area contributed by atoms with Crippen LogP contribution in [0.15, 0.2) is 78.5 Å². The zero-order valence-electron chi connectivity index (χ0n) is 26.8. The molecule has 0 heterocycles. The van der Waals surface area contributed by atoms with Crippen LogP contribution in [0.2, 0.25) is 0 Å². The summed E-state index contributed by atoms with van der Waals surface area (Å²) in [6.45, 7) is 3.89. The van der Waals surface area contributed by atoms with E-state index in [1.165, 1.54) is 72.8 Å². The van der Waals surface area contributed by atoms with E-state index < -0.39 is 23.8 Å². The second-order valence-electron chi connectivity index (χ2n) is 9.46. The number of halogens is 6. The van der Waals surface area contributed by atoms with Crippen molar-refractivity contribution >= 4 is 34.3 Å². The molecule has 45 heavy (non-hydrogen) atoms. The van der Waals surface area contributed by atoms with Gasteiger partial charge in [0.2, 0.25) is 0 Å². The number of benzene rings is 2. The molecule has 0 saturated heterocycles. The van der Waals surface area contributed by atoms with Gasteiger partial charge in [-0.1, -0.05) is 0 Å². The lowest BCUT2D eigenvalue weighted by Crippen LogP contribution is -2.23. The number of aliphatic imine (C=N–C) groups is 6. The monoisotopic (exact) mass is 638 g/mol. The Kier molecular flexibility index (Phi) is 16.1. The van der Waals surface area contributed by atoms with Gasteiger partial charge in [-0.25, -0.2) is 0 Å². The summed E-state index contributed by atoms with van der Waals surface area (Å²) in [6.07, 6.45) is -4.34. The molecule has 0 aromatic heterocycles. The van der Waals surface area contributed by atoms with E-state index in [-0.39, 0.29) is 22.6 Å². The Morgan fingerprint density at radius 1 is 0.533 bits per heavy atom. The summed E-state index contributed by atoms with van der Waals surface area (Å²) in [4.78, 5) is 22.8. The van der Waals surface area contributed by atoms with Crippen molar-refractivity contribution < 1.29 is 31.1 Å². The largest absolute Gasteiger partial charge is 0.457 e. The topological polar surface area (TPSA) is 83.4 Å². The molecule has 0 aliphatic heterocycles. The predicted molar refractivity (Wildman–Crippen MR) is 173 cm³/mol. The van der Waals surface area contributed by atoms with Crippen LogP contribution < -0.4 is 4.74 Å². The zero-order chi connectivity index (χ0) is 34.2. The molecular weight excluding hydrogens is 598 g/mol. The number of ether oxygens (including phenoxy) is 1. The first-order chi connectivity index (χ1) is 21.2. The average Bonchev–Trinajstić information content (AvgIpc) is 3.01. The Hall–Kier alpha value is -4.16. The molecule has 0 atom stereocenters. The van der Waals surface area contributed by atoms with Gasteiger partial charge in [0.05, 0.1) is 22.8 Å². The van der Waals surface area contributed by atoms with Crippen LogP contribution in [0.3, 0.4) is 0 Å². The number of rotatable bonds is 5. The molecule has 1 aliphatic carbocycles. The van der Waals surface area contributed by atoms with E-state index in [1.54, 1.807) is 14.1 Å². The van der Waals surface area contributed by atoms with Crippen molar-refractivity contribution in [1.29, 1.82) is 0 Å². The summed E-state index contributed by atoms with van der Waals surface area (Å²) >= 11 is 0. The number of hydrogen-bond donors (Lipinski definition) is 0. The average molecular weight is 639 g/mol. The smallest absolute Gasteiger partial charge is 0.433 e. The fourth-order valence-corrected chi connectivity index (χ4v) is 4.02. The van der Waals surface area contributed by atoms with Gasteiger partial charge < -0.3 is 4.74 Å². The molecule has 1 aliphatic rings. The molecule has 2 aromatic carbocycles. The molecule has 7 nitrogen and oxygen atoms in total. The normalized spacial score (nSPS) is 16.9. The second kappa shape index (κ2) is 18.6. The summed E-state index contributed by atoms with van der Waals surface area (Å²) in [5, 5.41) is 0. The Morgan fingerprint density at radius 3 is 1.07 bits per heavy atom. The van der Waals surface area contributed by atoms with Crippen molar-refractivity contribution in [3.8, 4) is 11.5 Å². The molecule has 2 aromatic rings. The Labute approximate surface area is 260 Å². The van der Waals surface area contributed by atoms with Gasteiger partial charge in [0.1, 0.15) is 22.9 Å². The SMILES string of the molecule is CN=C(C)C(C)=NC.CN=C(c1ccc(Oc2ccc(C(=NC)C(F)(F)F)cc2)cc1)C(F)(F)F.CN=C1CCCCC1=NC. The first kappa shape index (κ1) is 38.9. The molecule has 0 spiro atoms. The molecular formula is C32H40F6N6O. The van der Waals surface area contributed by atoms with Crippen LogP contribution in [0.1, 0.15) is 50.7 Å². The van der Waals surface area contributed by atoms with Crippen LogP contribution in [-0.4, -0.2) is 88.9 Å². The zero-order valence-corrected chi connectivity index (χ0v) is 26.8. The maximum absolute atomic E-state index is 12.8. The van der Waals surface area contributed by atoms with E-state index in [9.17, 15) is 26.3 Å². The minimum atomic E-state index is -4.58. The minimum Gasteiger partial charge on any atom is -0.457 e. The van der Waals surface area contributed by atoms with Gasteiger partial charge in [-0.3, -0.25) is 30.0 Å². The van der Waals surface area contributed by atoms with E-state index in [0.717, 1.165) is 38.4 Å². The molecule has 246 valence electrons. The third kappa shape index (κ3) is 12.8. The van der Waals surface area contributed by atoms with Gasteiger partial charge >= 0.3 is 12.4 Å². The van der Waals surface area contributed by atoms with Crippen LogP contribution in [0.4, 0.5) is 26.3 Å². The second-order valence-corrected chi connectivity index (χ2v) is 9.46. The van der Waals surface area contributed by atoms with Crippen LogP contribution >= 0.6 is 0 Å². The Bertz CT molecular complexity index is 1290. The highest BCUT2D eigenvalue weighted by atomic mass is 19.4. The van der Waals surface area contributed by atoms with Crippen molar-refractivity contribution in [3.05, 3.63) is 59.7 Å². The van der Waals surface area contributed by atoms with Crippen LogP contribution in [0, 0.1) is 0 Å². The third-order valence-electron chi connectivity index (χ3n) is 6.62. The van der Waals surface area contributed by atoms with Crippen molar-refractivity contribution in [2.75, 3.05) is 42.3 Å². The summed E-state index contributed by atoms with van der Waals surface area (Å²) in [5.41, 5.74) is 2.17. The lowest BCUT2D eigenvalue weighted by Gasteiger charge is -2.13. The highest BCUT2D eigenvalue weighted by molar-refractivity contribution is 6.42. The molecule has 1 saturated carbocycles. The van der Waals surface area contributed by atoms with Gasteiger partial charge in [0.25, 0.3) is 0 Å². The quantitative estimate of drug-likeness (QED) is 0.240. The minimum absolute atomic E-state index is 0.123. The standard InChI is InChI=1S/C18H14F6N2O.C8H14N2.C6H12N2/c1-25-15(17(19,20)21)11-3-7-13(8-4-11)27-14-9-5-12(6-10-14)16(26-2)18(22,23)24;1-9-7-5-3-4-6-8(7)10-2;1-5(7-3)6(2)8-4/h3-10H,1-2H3;3-6H2,1-2H3;1-4H3. The van der Waals surface area contributed by atoms with Crippen molar-refractivity contribution in [1.82, 2.24) is 0 Å². The predicted octanol–water partition coefficient (Wildman–Crippen LogP) is 8.31. The van der Waals surface area contributed by atoms with E-state index in [0.29, 0.717) is 0 Å². The number of nitrogens with zero attached hydrogens (tertiary/aromatic N) is 6. The molecule has 1 fully saturated rings. The van der Waals surface area contributed by atoms with E-state index in [1.807, 2.05) is 27.9 Å². The van der Waals surface area contributed by atoms with Crippen LogP contribution in [0.5, 0.6) is 11.5 Å². The first-order valence-electron chi connectivity index (χ1n) is 13.9. The van der Waals surface area contributed by atoms with Gasteiger partial charge in [-0.05, 0) is 88.1 Å². The molecule has 13 heteroatoms. The summed E-state index contributed by atoms with van der Waals surface area (Å²) < 4.78 is 82.4. The van der Waals surface area contributed by atoms with Crippen molar-refractivity contribution in [2.45, 2.75) is 51.9 Å². The molecule has 0 N–H and O–H groups in total. The molecule has 0 bridgehead atoms. The van der Waals surface area contributed by atoms with E-state index >= 15 is 0 Å². The van der Waals surface area contributed by atoms with E-state index in [4.69, 9.17) is 4.74 Å². The van der Waals surface area contributed by atoms with Crippen molar-refractivity contribution in [2.24, 2.45) is 30.0 Å². The van der Waals surface area contributed by atoms with Gasteiger partial charge in [-0.2, -0.15) is 26.3 Å². The van der Waals surface area contributed by atoms with Crippen molar-refractivity contribution in [3.63, 3.8) is 0 Å². The fourth-order valence-electron chi connectivity index (χ4n) is 4.02. The Balaban J connectivity index is 0.000000457. The van der Waals surface area contributed by atoms with Crippen LogP contribution in [-0.2, 0) is 0 Å². The maximum Gasteiger partial charge on any atom is 0.433 e. The summed E-state index contributed by atoms with van der Waals surface area (Å²) in [7, 11) is 9.33. The number of hydrogen-bond acceptors (Lipinski definition) is 7.